The summed E-state index contributed by atoms with van der Waals surface area (Å²) >= 11 is 0. The van der Waals surface area contributed by atoms with Gasteiger partial charge in [0.25, 0.3) is 0 Å². The van der Waals surface area contributed by atoms with Crippen LogP contribution in [0.4, 0.5) is 11.4 Å². The highest BCUT2D eigenvalue weighted by Crippen LogP contribution is 2.45. The van der Waals surface area contributed by atoms with Crippen molar-refractivity contribution in [1.82, 2.24) is 0 Å². The number of nitrogen functional groups attached to an aromatic ring is 1. The van der Waals surface area contributed by atoms with Gasteiger partial charge in [0.2, 0.25) is 0 Å². The van der Waals surface area contributed by atoms with E-state index in [4.69, 9.17) is 11.0 Å². The number of methoxy groups -OCH3 is 1. The molecule has 1 aromatic carbocycles. The van der Waals surface area contributed by atoms with Gasteiger partial charge in [-0.3, -0.25) is 0 Å². The number of hydrogen-bond donors (Lipinski definition) is 2. The van der Waals surface area contributed by atoms with E-state index in [1.807, 2.05) is 13.8 Å². The van der Waals surface area contributed by atoms with Gasteiger partial charge in [-0.2, -0.15) is 5.26 Å². The van der Waals surface area contributed by atoms with Gasteiger partial charge < -0.3 is 15.8 Å². The van der Waals surface area contributed by atoms with Crippen molar-refractivity contribution < 1.29 is 9.53 Å². The Morgan fingerprint density at radius 3 is 2.65 bits per heavy atom. The van der Waals surface area contributed by atoms with Crippen LogP contribution < -0.4 is 11.1 Å². The van der Waals surface area contributed by atoms with Gasteiger partial charge in [-0.25, -0.2) is 4.79 Å². The lowest BCUT2D eigenvalue weighted by molar-refractivity contribution is 0.0601. The van der Waals surface area contributed by atoms with Gasteiger partial charge in [0, 0.05) is 6.54 Å². The first-order chi connectivity index (χ1) is 9.60. The van der Waals surface area contributed by atoms with Crippen LogP contribution in [0.15, 0.2) is 18.2 Å². The summed E-state index contributed by atoms with van der Waals surface area (Å²) < 4.78 is 4.65. The van der Waals surface area contributed by atoms with Gasteiger partial charge in [-0.1, -0.05) is 13.8 Å². The molecule has 3 N–H and O–H groups in total. The number of anilines is 2. The van der Waals surface area contributed by atoms with Crippen molar-refractivity contribution in [2.75, 3.05) is 24.7 Å². The number of hydrogen-bond acceptors (Lipinski definition) is 5. The zero-order valence-corrected chi connectivity index (χ0v) is 12.2. The molecule has 5 nitrogen and oxygen atoms in total. The lowest BCUT2D eigenvalue weighted by atomic mass is 10.1. The van der Waals surface area contributed by atoms with E-state index in [1.54, 1.807) is 18.2 Å². The molecule has 1 saturated carbocycles. The first-order valence-corrected chi connectivity index (χ1v) is 6.73. The van der Waals surface area contributed by atoms with Crippen LogP contribution in [0.5, 0.6) is 0 Å². The second-order valence-electron chi connectivity index (χ2n) is 4.54. The Morgan fingerprint density at radius 2 is 2.15 bits per heavy atom. The molecule has 0 heterocycles. The molecule has 1 aliphatic carbocycles. The maximum Gasteiger partial charge on any atom is 0.337 e. The van der Waals surface area contributed by atoms with Crippen molar-refractivity contribution in [3.05, 3.63) is 23.8 Å². The molecule has 108 valence electrons. The molecule has 5 heteroatoms. The highest BCUT2D eigenvalue weighted by atomic mass is 16.5. The molecule has 0 radical (unpaired) electrons. The number of rotatable bonds is 4. The molecule has 0 spiro atoms. The average molecular weight is 275 g/mol. The topological polar surface area (TPSA) is 88.1 Å². The van der Waals surface area contributed by atoms with Crippen LogP contribution in [0.3, 0.4) is 0 Å². The van der Waals surface area contributed by atoms with Crippen LogP contribution >= 0.6 is 0 Å². The van der Waals surface area contributed by atoms with Gasteiger partial charge in [0.1, 0.15) is 0 Å². The summed E-state index contributed by atoms with van der Waals surface area (Å²) in [6, 6.07) is 7.21. The van der Waals surface area contributed by atoms with Crippen molar-refractivity contribution in [3.8, 4) is 6.07 Å². The Hall–Kier alpha value is -2.22. The van der Waals surface area contributed by atoms with Gasteiger partial charge in [-0.05, 0) is 31.0 Å². The van der Waals surface area contributed by atoms with Gasteiger partial charge in [-0.15, -0.1) is 0 Å². The van der Waals surface area contributed by atoms with Crippen molar-refractivity contribution in [2.24, 2.45) is 5.41 Å². The Kier molecular flexibility index (Phi) is 5.39. The molecule has 0 unspecified atom stereocenters. The highest BCUT2D eigenvalue weighted by Gasteiger charge is 2.42. The quantitative estimate of drug-likeness (QED) is 0.651. The van der Waals surface area contributed by atoms with E-state index >= 15 is 0 Å². The van der Waals surface area contributed by atoms with Crippen LogP contribution in [-0.4, -0.2) is 19.6 Å². The van der Waals surface area contributed by atoms with E-state index in [1.165, 1.54) is 7.11 Å². The Balaban J connectivity index is 0.000000956. The van der Waals surface area contributed by atoms with Gasteiger partial charge in [0.05, 0.1) is 35.5 Å². The first-order valence-electron chi connectivity index (χ1n) is 6.73. The zero-order chi connectivity index (χ0) is 15.2. The maximum absolute atomic E-state index is 11.4. The predicted molar refractivity (Wildman–Crippen MR) is 79.3 cm³/mol. The molecular formula is C15H21N3O2. The lowest BCUT2D eigenvalue weighted by Crippen LogP contribution is -2.15. The number of esters is 1. The van der Waals surface area contributed by atoms with E-state index in [0.29, 0.717) is 23.5 Å². The normalized spacial score (nSPS) is 14.3. The molecule has 1 fully saturated rings. The maximum atomic E-state index is 11.4. The molecule has 20 heavy (non-hydrogen) atoms. The first kappa shape index (κ1) is 15.8. The molecule has 1 aliphatic rings. The zero-order valence-electron chi connectivity index (χ0n) is 12.2. The predicted octanol–water partition coefficient (Wildman–Crippen LogP) is 2.80. The van der Waals surface area contributed by atoms with Crippen LogP contribution in [0.1, 0.15) is 37.0 Å². The number of carbonyl (C=O) groups is 1. The summed E-state index contributed by atoms with van der Waals surface area (Å²) in [7, 11) is 1.33. The molecule has 0 aromatic heterocycles. The smallest absolute Gasteiger partial charge is 0.337 e. The number of nitrogens with zero attached hydrogens (tertiary/aromatic N) is 1. The molecule has 0 atom stereocenters. The summed E-state index contributed by atoms with van der Waals surface area (Å²) in [4.78, 5) is 11.4. The van der Waals surface area contributed by atoms with E-state index in [9.17, 15) is 4.79 Å². The monoisotopic (exact) mass is 275 g/mol. The number of nitriles is 1. The number of benzene rings is 1. The number of nitrogens with two attached hydrogens (primary N) is 1. The Bertz CT molecular complexity index is 516. The molecule has 0 amide bonds. The molecule has 0 aliphatic heterocycles. The fraction of sp³-hybridized carbons (Fsp3) is 0.467. The van der Waals surface area contributed by atoms with Crippen LogP contribution in [-0.2, 0) is 4.74 Å². The summed E-state index contributed by atoms with van der Waals surface area (Å²) in [6.07, 6.45) is 1.82. The summed E-state index contributed by atoms with van der Waals surface area (Å²) in [5.41, 5.74) is 7.23. The van der Waals surface area contributed by atoms with E-state index in [0.717, 1.165) is 12.8 Å². The van der Waals surface area contributed by atoms with Crippen molar-refractivity contribution in [1.29, 1.82) is 5.26 Å². The molecule has 2 rings (SSSR count). The minimum Gasteiger partial charge on any atom is -0.465 e. The highest BCUT2D eigenvalue weighted by molar-refractivity contribution is 5.91. The number of carbonyl (C=O) groups excluding carboxylic acids is 1. The third-order valence-corrected chi connectivity index (χ3v) is 3.18. The largest absolute Gasteiger partial charge is 0.465 e. The number of nitrogens with one attached hydrogen (secondary N) is 1. The van der Waals surface area contributed by atoms with E-state index < -0.39 is 5.97 Å². The second-order valence-corrected chi connectivity index (χ2v) is 4.54. The standard InChI is InChI=1S/C13H15N3O2.C2H6/c1-18-12(17)9-2-3-10(15)11(6-9)16-8-13(7-14)4-5-13;1-2/h2-3,6,16H,4-5,8,15H2,1H3;1-2H3. The molecule has 1 aromatic rings. The average Bonchev–Trinajstić information content (AvgIpc) is 3.28. The van der Waals surface area contributed by atoms with E-state index in [2.05, 4.69) is 16.1 Å². The molecule has 0 bridgehead atoms. The van der Waals surface area contributed by atoms with Crippen LogP contribution in [0.2, 0.25) is 0 Å². The summed E-state index contributed by atoms with van der Waals surface area (Å²) in [6.45, 7) is 4.55. The van der Waals surface area contributed by atoms with Crippen LogP contribution in [0.25, 0.3) is 0 Å². The Morgan fingerprint density at radius 1 is 1.50 bits per heavy atom. The van der Waals surface area contributed by atoms with Gasteiger partial charge >= 0.3 is 5.97 Å². The summed E-state index contributed by atoms with van der Waals surface area (Å²) in [5.74, 6) is -0.403. The second kappa shape index (κ2) is 6.80. The lowest BCUT2D eigenvalue weighted by Gasteiger charge is -2.12. The Labute approximate surface area is 119 Å². The van der Waals surface area contributed by atoms with Crippen LogP contribution in [0, 0.1) is 16.7 Å². The molecule has 0 saturated heterocycles. The summed E-state index contributed by atoms with van der Waals surface area (Å²) in [5, 5.41) is 12.1. The van der Waals surface area contributed by atoms with Gasteiger partial charge in [0.15, 0.2) is 0 Å². The number of ether oxygens (including phenoxy) is 1. The minimum absolute atomic E-state index is 0.256. The third-order valence-electron chi connectivity index (χ3n) is 3.18. The fourth-order valence-electron chi connectivity index (χ4n) is 1.70. The fourth-order valence-corrected chi connectivity index (χ4v) is 1.70. The molecular weight excluding hydrogens is 254 g/mol. The SMILES string of the molecule is CC.COC(=O)c1ccc(N)c(NCC2(C#N)CC2)c1. The van der Waals surface area contributed by atoms with Crippen molar-refractivity contribution in [2.45, 2.75) is 26.7 Å². The third kappa shape index (κ3) is 3.64. The van der Waals surface area contributed by atoms with Crippen molar-refractivity contribution in [3.63, 3.8) is 0 Å². The van der Waals surface area contributed by atoms with E-state index in [-0.39, 0.29) is 5.41 Å². The van der Waals surface area contributed by atoms with Crippen molar-refractivity contribution >= 4 is 17.3 Å². The minimum atomic E-state index is -0.403.